The Bertz CT molecular complexity index is 1600. The molecule has 7 nitrogen and oxygen atoms in total. The maximum Gasteiger partial charge on any atom is 0.301 e. The first kappa shape index (κ1) is 23.0. The third kappa shape index (κ3) is 3.84. The van der Waals surface area contributed by atoms with E-state index in [1.807, 2.05) is 18.2 Å². The number of aliphatic hydroxyl groups is 1. The third-order valence-electron chi connectivity index (χ3n) is 5.97. The van der Waals surface area contributed by atoms with Crippen molar-refractivity contribution in [3.8, 4) is 11.5 Å². The van der Waals surface area contributed by atoms with Gasteiger partial charge in [0.1, 0.15) is 19.0 Å². The van der Waals surface area contributed by atoms with E-state index in [-0.39, 0.29) is 11.3 Å². The molecule has 3 aromatic carbocycles. The van der Waals surface area contributed by atoms with Crippen molar-refractivity contribution < 1.29 is 24.2 Å². The van der Waals surface area contributed by atoms with Crippen molar-refractivity contribution in [1.29, 1.82) is 0 Å². The number of rotatable bonds is 3. The Hall–Kier alpha value is -3.40. The second-order valence-corrected chi connectivity index (χ2v) is 10.6. The lowest BCUT2D eigenvalue weighted by molar-refractivity contribution is -0.132. The lowest BCUT2D eigenvalue weighted by Crippen LogP contribution is -2.29. The molecule has 6 rings (SSSR count). The number of nitrogens with zero attached hydrogens (tertiary/aromatic N) is 2. The summed E-state index contributed by atoms with van der Waals surface area (Å²) in [7, 11) is 0. The van der Waals surface area contributed by atoms with Crippen LogP contribution in [0.15, 0.2) is 70.7 Å². The van der Waals surface area contributed by atoms with Gasteiger partial charge in [-0.1, -0.05) is 51.0 Å². The number of anilines is 1. The number of fused-ring (bicyclic) bond motifs is 2. The van der Waals surface area contributed by atoms with Crippen LogP contribution in [0.3, 0.4) is 0 Å². The van der Waals surface area contributed by atoms with Crippen molar-refractivity contribution in [2.45, 2.75) is 6.04 Å². The van der Waals surface area contributed by atoms with Crippen molar-refractivity contribution in [3.63, 3.8) is 0 Å². The second-order valence-electron chi connectivity index (χ2n) is 8.19. The fraction of sp³-hybridized carbons (Fsp3) is 0.115. The number of ether oxygens (including phenoxy) is 2. The number of halogens is 2. The van der Waals surface area contributed by atoms with Gasteiger partial charge in [-0.3, -0.25) is 14.5 Å². The normalized spacial score (nSPS) is 18.7. The van der Waals surface area contributed by atoms with Gasteiger partial charge in [0, 0.05) is 15.1 Å². The smallest absolute Gasteiger partial charge is 0.301 e. The predicted molar refractivity (Wildman–Crippen MR) is 141 cm³/mol. The van der Waals surface area contributed by atoms with Crippen LogP contribution in [-0.4, -0.2) is 35.0 Å². The summed E-state index contributed by atoms with van der Waals surface area (Å²) in [6.45, 7) is 0.807. The van der Waals surface area contributed by atoms with Gasteiger partial charge in [-0.2, -0.15) is 0 Å². The van der Waals surface area contributed by atoms with E-state index in [0.29, 0.717) is 51.5 Å². The first-order valence-corrected chi connectivity index (χ1v) is 12.9. The van der Waals surface area contributed by atoms with E-state index in [4.69, 9.17) is 21.1 Å². The van der Waals surface area contributed by atoms with Gasteiger partial charge < -0.3 is 14.6 Å². The fourth-order valence-electron chi connectivity index (χ4n) is 4.36. The van der Waals surface area contributed by atoms with E-state index >= 15 is 0 Å². The zero-order chi connectivity index (χ0) is 25.0. The minimum absolute atomic E-state index is 0.0351. The Morgan fingerprint density at radius 3 is 2.67 bits per heavy atom. The number of amides is 1. The van der Waals surface area contributed by atoms with Gasteiger partial charge in [0.05, 0.1) is 21.8 Å². The van der Waals surface area contributed by atoms with Crippen LogP contribution in [0.1, 0.15) is 17.2 Å². The van der Waals surface area contributed by atoms with Crippen LogP contribution in [-0.2, 0) is 9.59 Å². The number of thiazole rings is 1. The van der Waals surface area contributed by atoms with Gasteiger partial charge in [0.15, 0.2) is 16.6 Å². The molecular weight excluding hydrogens is 568 g/mol. The van der Waals surface area contributed by atoms with E-state index in [1.54, 1.807) is 42.5 Å². The monoisotopic (exact) mass is 582 g/mol. The van der Waals surface area contributed by atoms with Gasteiger partial charge in [-0.05, 0) is 54.1 Å². The van der Waals surface area contributed by atoms with Gasteiger partial charge in [-0.25, -0.2) is 4.98 Å². The lowest BCUT2D eigenvalue weighted by atomic mass is 9.95. The zero-order valence-corrected chi connectivity index (χ0v) is 21.6. The van der Waals surface area contributed by atoms with E-state index in [2.05, 4.69) is 20.9 Å². The second kappa shape index (κ2) is 8.92. The Kier molecular flexibility index (Phi) is 5.70. The number of Topliss-reactive ketones (excluding diaryl/α,β-unsaturated/α-hetero) is 1. The molecule has 3 heterocycles. The molecule has 1 saturated heterocycles. The number of hydrogen-bond donors (Lipinski definition) is 1. The number of aromatic nitrogens is 1. The van der Waals surface area contributed by atoms with Crippen LogP contribution in [0, 0.1) is 0 Å². The molecule has 1 amide bonds. The SMILES string of the molecule is O=C1C(=O)N(c2nc3ccc(Cl)cc3s2)C(c2cccc(Br)c2)C1=C(O)c1ccc2c(c1)OCCO2. The molecule has 0 bridgehead atoms. The van der Waals surface area contributed by atoms with Crippen LogP contribution >= 0.6 is 38.9 Å². The van der Waals surface area contributed by atoms with Crippen LogP contribution in [0.25, 0.3) is 16.0 Å². The van der Waals surface area contributed by atoms with E-state index in [0.717, 1.165) is 9.17 Å². The molecule has 4 aromatic rings. The highest BCUT2D eigenvalue weighted by molar-refractivity contribution is 9.10. The number of carbonyl (C=O) groups is 2. The zero-order valence-electron chi connectivity index (χ0n) is 18.4. The molecule has 10 heteroatoms. The quantitative estimate of drug-likeness (QED) is 0.178. The summed E-state index contributed by atoms with van der Waals surface area (Å²) < 4.78 is 12.7. The fourth-order valence-corrected chi connectivity index (χ4v) is 6.04. The number of benzene rings is 3. The molecule has 2 aliphatic heterocycles. The summed E-state index contributed by atoms with van der Waals surface area (Å²) >= 11 is 10.9. The summed E-state index contributed by atoms with van der Waals surface area (Å²) in [6, 6.07) is 16.5. The Morgan fingerprint density at radius 1 is 1.06 bits per heavy atom. The summed E-state index contributed by atoms with van der Waals surface area (Å²) in [6.07, 6.45) is 0. The molecule has 1 fully saturated rings. The molecule has 1 N–H and O–H groups in total. The minimum atomic E-state index is -0.897. The van der Waals surface area contributed by atoms with Crippen LogP contribution in [0.5, 0.6) is 11.5 Å². The Balaban J connectivity index is 1.54. The van der Waals surface area contributed by atoms with Crippen molar-refractivity contribution in [1.82, 2.24) is 4.98 Å². The highest BCUT2D eigenvalue weighted by Crippen LogP contribution is 2.45. The summed E-state index contributed by atoms with van der Waals surface area (Å²) in [5, 5.41) is 12.3. The minimum Gasteiger partial charge on any atom is -0.507 e. The number of ketones is 1. The first-order valence-electron chi connectivity index (χ1n) is 10.9. The van der Waals surface area contributed by atoms with Gasteiger partial charge in [0.25, 0.3) is 5.78 Å². The Morgan fingerprint density at radius 2 is 1.86 bits per heavy atom. The van der Waals surface area contributed by atoms with Crippen LogP contribution < -0.4 is 14.4 Å². The first-order chi connectivity index (χ1) is 17.4. The lowest BCUT2D eigenvalue weighted by Gasteiger charge is -2.23. The molecule has 2 aliphatic rings. The van der Waals surface area contributed by atoms with Gasteiger partial charge in [0.2, 0.25) is 0 Å². The van der Waals surface area contributed by atoms with Crippen molar-refractivity contribution in [3.05, 3.63) is 86.9 Å². The molecule has 0 spiro atoms. The molecule has 180 valence electrons. The molecule has 1 unspecified atom stereocenters. The van der Waals surface area contributed by atoms with Crippen molar-refractivity contribution in [2.75, 3.05) is 18.1 Å². The number of aliphatic hydroxyl groups excluding tert-OH is 1. The van der Waals surface area contributed by atoms with Gasteiger partial charge in [-0.15, -0.1) is 0 Å². The largest absolute Gasteiger partial charge is 0.507 e. The topological polar surface area (TPSA) is 89.0 Å². The number of carbonyl (C=O) groups excluding carboxylic acids is 2. The summed E-state index contributed by atoms with van der Waals surface area (Å²) in [5.74, 6) is -0.868. The molecule has 0 saturated carbocycles. The summed E-state index contributed by atoms with van der Waals surface area (Å²) in [4.78, 5) is 32.8. The van der Waals surface area contributed by atoms with E-state index in [1.165, 1.54) is 16.2 Å². The van der Waals surface area contributed by atoms with Crippen LogP contribution in [0.2, 0.25) is 5.02 Å². The maximum absolute atomic E-state index is 13.4. The van der Waals surface area contributed by atoms with E-state index in [9.17, 15) is 14.7 Å². The highest BCUT2D eigenvalue weighted by atomic mass is 79.9. The van der Waals surface area contributed by atoms with E-state index < -0.39 is 17.7 Å². The molecule has 1 atom stereocenters. The molecule has 1 aromatic heterocycles. The standard InChI is InChI=1S/C26H16BrClN2O5S/c27-15-3-1-2-13(10-15)22-21(23(31)14-4-7-18-19(11-14)35-9-8-34-18)24(32)25(33)30(22)26-29-17-6-5-16(28)12-20(17)36-26/h1-7,10-12,22,31H,8-9H2. The molecular formula is C26H16BrClN2O5S. The highest BCUT2D eigenvalue weighted by Gasteiger charge is 2.48. The molecule has 0 aliphatic carbocycles. The van der Waals surface area contributed by atoms with Gasteiger partial charge >= 0.3 is 5.91 Å². The molecule has 0 radical (unpaired) electrons. The number of hydrogen-bond acceptors (Lipinski definition) is 7. The van der Waals surface area contributed by atoms with Crippen molar-refractivity contribution in [2.24, 2.45) is 0 Å². The van der Waals surface area contributed by atoms with Crippen LogP contribution in [0.4, 0.5) is 5.13 Å². The average molecular weight is 584 g/mol. The maximum atomic E-state index is 13.4. The average Bonchev–Trinajstić information content (AvgIpc) is 3.41. The Labute approximate surface area is 222 Å². The predicted octanol–water partition coefficient (Wildman–Crippen LogP) is 6.11. The van der Waals surface area contributed by atoms with Crippen molar-refractivity contribution >= 4 is 71.7 Å². The third-order valence-corrected chi connectivity index (χ3v) is 7.72. The summed E-state index contributed by atoms with van der Waals surface area (Å²) in [5.41, 5.74) is 1.60. The molecule has 36 heavy (non-hydrogen) atoms.